The Kier molecular flexibility index (Phi) is 6.51. The predicted octanol–water partition coefficient (Wildman–Crippen LogP) is 5.01. The Morgan fingerprint density at radius 2 is 1.94 bits per heavy atom. The molecule has 2 aliphatic heterocycles. The molecule has 0 aliphatic carbocycles. The molecule has 2 aliphatic rings. The minimum atomic E-state index is -5.08. The number of nitrogens with zero attached hydrogens (tertiary/aromatic N) is 4. The van der Waals surface area contributed by atoms with Crippen LogP contribution in [0.3, 0.4) is 0 Å². The number of rotatable bonds is 3. The number of aliphatic imine (C=N–C) groups is 1. The standard InChI is InChI=1S/C22H24N4.C2HF3O2/c1-16-8-11-25(14-17-5-3-2-4-6-17)15-20(16)26-12-9-18-13-24-19-7-10-23-21(19)22(18)26;3-2(4,5)1(6)7/h2-6,9-10,12-13,16,20H,7-8,11,14-15H2,1H3;(H,6,7)/t16-,20+;/m1./s1. The maximum Gasteiger partial charge on any atom is 0.490 e. The van der Waals surface area contributed by atoms with Gasteiger partial charge in [0, 0.05) is 49.5 Å². The van der Waals surface area contributed by atoms with Gasteiger partial charge < -0.3 is 9.67 Å². The Hall–Kier alpha value is -3.20. The molecule has 174 valence electrons. The van der Waals surface area contributed by atoms with Crippen molar-refractivity contribution >= 4 is 28.8 Å². The maximum absolute atomic E-state index is 10.6. The van der Waals surface area contributed by atoms with Gasteiger partial charge in [-0.3, -0.25) is 14.9 Å². The molecule has 0 amide bonds. The monoisotopic (exact) mass is 458 g/mol. The lowest BCUT2D eigenvalue weighted by molar-refractivity contribution is -0.192. The molecule has 2 atom stereocenters. The predicted molar refractivity (Wildman–Crippen MR) is 120 cm³/mol. The number of hydrogen-bond acceptors (Lipinski definition) is 4. The van der Waals surface area contributed by atoms with Crippen molar-refractivity contribution in [3.63, 3.8) is 0 Å². The molecule has 5 rings (SSSR count). The minimum Gasteiger partial charge on any atom is -0.475 e. The zero-order valence-electron chi connectivity index (χ0n) is 18.2. The van der Waals surface area contributed by atoms with Gasteiger partial charge in [0.15, 0.2) is 0 Å². The molecule has 9 heteroatoms. The third-order valence-corrected chi connectivity index (χ3v) is 6.16. The molecule has 0 saturated carbocycles. The Morgan fingerprint density at radius 3 is 2.64 bits per heavy atom. The van der Waals surface area contributed by atoms with E-state index in [0.717, 1.165) is 30.9 Å². The van der Waals surface area contributed by atoms with Crippen LogP contribution in [0.5, 0.6) is 0 Å². The highest BCUT2D eigenvalue weighted by Gasteiger charge is 2.38. The van der Waals surface area contributed by atoms with Crippen molar-refractivity contribution in [3.8, 4) is 0 Å². The van der Waals surface area contributed by atoms with Crippen LogP contribution in [0.1, 0.15) is 30.6 Å². The second kappa shape index (κ2) is 9.35. The first kappa shape index (κ1) is 23.0. The highest BCUT2D eigenvalue weighted by Crippen LogP contribution is 2.37. The van der Waals surface area contributed by atoms with Crippen LogP contribution in [0.15, 0.2) is 53.8 Å². The highest BCUT2D eigenvalue weighted by atomic mass is 19.4. The van der Waals surface area contributed by atoms with Crippen molar-refractivity contribution in [2.45, 2.75) is 38.5 Å². The SMILES string of the molecule is C[C@@H]1CCN(Cc2ccccc2)C[C@@H]1n1ccc2cnc3c(c21)N=CC3.O=C(O)C(F)(F)F. The Bertz CT molecular complexity index is 1160. The first-order valence-electron chi connectivity index (χ1n) is 10.8. The van der Waals surface area contributed by atoms with Gasteiger partial charge in [-0.2, -0.15) is 13.2 Å². The minimum absolute atomic E-state index is 0.479. The average Bonchev–Trinajstić information content (AvgIpc) is 3.42. The highest BCUT2D eigenvalue weighted by molar-refractivity contribution is 5.95. The molecule has 6 nitrogen and oxygen atoms in total. The molecule has 33 heavy (non-hydrogen) atoms. The molecular formula is C24H25F3N4O2. The van der Waals surface area contributed by atoms with E-state index in [4.69, 9.17) is 9.90 Å². The number of alkyl halides is 3. The van der Waals surface area contributed by atoms with E-state index in [1.807, 2.05) is 12.4 Å². The van der Waals surface area contributed by atoms with Gasteiger partial charge in [-0.05, 0) is 30.5 Å². The number of piperidine rings is 1. The summed E-state index contributed by atoms with van der Waals surface area (Å²) in [5.41, 5.74) is 4.86. The second-order valence-electron chi connectivity index (χ2n) is 8.45. The summed E-state index contributed by atoms with van der Waals surface area (Å²) in [6, 6.07) is 13.5. The first-order chi connectivity index (χ1) is 15.7. The van der Waals surface area contributed by atoms with Gasteiger partial charge in [-0.15, -0.1) is 0 Å². The molecule has 1 fully saturated rings. The quantitative estimate of drug-likeness (QED) is 0.599. The molecule has 0 spiro atoms. The molecule has 2 aromatic heterocycles. The molecular weight excluding hydrogens is 433 g/mol. The van der Waals surface area contributed by atoms with E-state index in [-0.39, 0.29) is 0 Å². The molecule has 0 bridgehead atoms. The van der Waals surface area contributed by atoms with Crippen LogP contribution in [0.4, 0.5) is 18.9 Å². The van der Waals surface area contributed by atoms with Crippen LogP contribution >= 0.6 is 0 Å². The van der Waals surface area contributed by atoms with Crippen molar-refractivity contribution < 1.29 is 23.1 Å². The van der Waals surface area contributed by atoms with Crippen molar-refractivity contribution in [1.82, 2.24) is 14.5 Å². The average molecular weight is 458 g/mol. The number of carbonyl (C=O) groups is 1. The van der Waals surface area contributed by atoms with E-state index in [2.05, 4.69) is 69.0 Å². The summed E-state index contributed by atoms with van der Waals surface area (Å²) in [4.78, 5) is 20.7. The fourth-order valence-corrected chi connectivity index (χ4v) is 4.42. The summed E-state index contributed by atoms with van der Waals surface area (Å²) in [6.45, 7) is 5.67. The summed E-state index contributed by atoms with van der Waals surface area (Å²) < 4.78 is 34.2. The number of fused-ring (bicyclic) bond motifs is 3. The van der Waals surface area contributed by atoms with E-state index in [0.29, 0.717) is 12.0 Å². The third-order valence-electron chi connectivity index (χ3n) is 6.16. The van der Waals surface area contributed by atoms with Gasteiger partial charge in [0.1, 0.15) is 5.69 Å². The van der Waals surface area contributed by atoms with Gasteiger partial charge in [0.05, 0.1) is 11.2 Å². The first-order valence-corrected chi connectivity index (χ1v) is 10.8. The van der Waals surface area contributed by atoms with E-state index >= 15 is 0 Å². The summed E-state index contributed by atoms with van der Waals surface area (Å²) in [5.74, 6) is -2.10. The Balaban J connectivity index is 0.000000325. The van der Waals surface area contributed by atoms with Crippen molar-refractivity contribution in [3.05, 3.63) is 60.0 Å². The lowest BCUT2D eigenvalue weighted by Crippen LogP contribution is -2.40. The summed E-state index contributed by atoms with van der Waals surface area (Å²) in [6.07, 6.45) is 3.24. The largest absolute Gasteiger partial charge is 0.490 e. The smallest absolute Gasteiger partial charge is 0.475 e. The number of likely N-dealkylation sites (tertiary alicyclic amines) is 1. The van der Waals surface area contributed by atoms with Gasteiger partial charge in [-0.1, -0.05) is 37.3 Å². The number of halogens is 3. The van der Waals surface area contributed by atoms with E-state index in [1.165, 1.54) is 29.4 Å². The van der Waals surface area contributed by atoms with E-state index < -0.39 is 12.1 Å². The number of benzene rings is 1. The van der Waals surface area contributed by atoms with Gasteiger partial charge >= 0.3 is 12.1 Å². The van der Waals surface area contributed by atoms with Crippen LogP contribution in [-0.4, -0.2) is 51.0 Å². The zero-order chi connectivity index (χ0) is 23.6. The van der Waals surface area contributed by atoms with Crippen molar-refractivity contribution in [1.29, 1.82) is 0 Å². The van der Waals surface area contributed by atoms with E-state index in [1.54, 1.807) is 0 Å². The lowest BCUT2D eigenvalue weighted by Gasteiger charge is -2.38. The fourth-order valence-electron chi connectivity index (χ4n) is 4.42. The van der Waals surface area contributed by atoms with Gasteiger partial charge in [-0.25, -0.2) is 4.79 Å². The number of aliphatic carboxylic acids is 1. The zero-order valence-corrected chi connectivity index (χ0v) is 18.2. The molecule has 1 aromatic carbocycles. The Morgan fingerprint density at radius 1 is 1.21 bits per heavy atom. The summed E-state index contributed by atoms with van der Waals surface area (Å²) >= 11 is 0. The summed E-state index contributed by atoms with van der Waals surface area (Å²) in [7, 11) is 0. The number of aromatic nitrogens is 2. The van der Waals surface area contributed by atoms with Crippen LogP contribution in [0, 0.1) is 5.92 Å². The van der Waals surface area contributed by atoms with Gasteiger partial charge in [0.25, 0.3) is 0 Å². The third kappa shape index (κ3) is 5.08. The molecule has 0 radical (unpaired) electrons. The number of pyridine rings is 1. The number of carboxylic acid groups (broad SMARTS) is 1. The maximum atomic E-state index is 10.6. The number of carboxylic acids is 1. The Labute approximate surface area is 189 Å². The molecule has 1 saturated heterocycles. The van der Waals surface area contributed by atoms with Crippen LogP contribution in [-0.2, 0) is 17.8 Å². The molecule has 1 N–H and O–H groups in total. The molecule has 4 heterocycles. The van der Waals surface area contributed by atoms with Crippen LogP contribution in [0.25, 0.3) is 10.9 Å². The molecule has 0 unspecified atom stereocenters. The lowest BCUT2D eigenvalue weighted by atomic mass is 9.92. The van der Waals surface area contributed by atoms with E-state index in [9.17, 15) is 13.2 Å². The fraction of sp³-hybridized carbons (Fsp3) is 0.375. The van der Waals surface area contributed by atoms with Crippen LogP contribution < -0.4 is 0 Å². The number of hydrogen-bond donors (Lipinski definition) is 1. The normalized spacial score (nSPS) is 20.4. The molecule has 3 aromatic rings. The van der Waals surface area contributed by atoms with Gasteiger partial charge in [0.2, 0.25) is 0 Å². The van der Waals surface area contributed by atoms with Crippen molar-refractivity contribution in [2.24, 2.45) is 10.9 Å². The second-order valence-corrected chi connectivity index (χ2v) is 8.45. The van der Waals surface area contributed by atoms with Crippen molar-refractivity contribution in [2.75, 3.05) is 13.1 Å². The van der Waals surface area contributed by atoms with Crippen LogP contribution in [0.2, 0.25) is 0 Å². The topological polar surface area (TPSA) is 70.7 Å². The summed E-state index contributed by atoms with van der Waals surface area (Å²) in [5, 5.41) is 8.33.